The summed E-state index contributed by atoms with van der Waals surface area (Å²) in [6, 6.07) is 2.97. The summed E-state index contributed by atoms with van der Waals surface area (Å²) in [5, 5.41) is 19.5. The molecule has 0 aliphatic heterocycles. The number of halogens is 1. The number of nitrogens with one attached hydrogen (secondary N) is 1. The summed E-state index contributed by atoms with van der Waals surface area (Å²) in [5.74, 6) is -0.277. The van der Waals surface area contributed by atoms with Crippen molar-refractivity contribution < 1.29 is 9.90 Å². The van der Waals surface area contributed by atoms with E-state index >= 15 is 0 Å². The Balaban J connectivity index is 2.50. The van der Waals surface area contributed by atoms with Gasteiger partial charge in [0.1, 0.15) is 0 Å². The zero-order valence-corrected chi connectivity index (χ0v) is 9.90. The Labute approximate surface area is 98.8 Å². The largest absolute Gasteiger partial charge is 0.391 e. The molecule has 0 spiro atoms. The SMILES string of the molecule is CC(C)C(O)CNC(=O)c1ccc(Cl)nn1. The van der Waals surface area contributed by atoms with Gasteiger partial charge in [-0.3, -0.25) is 4.79 Å². The van der Waals surface area contributed by atoms with Gasteiger partial charge in [-0.2, -0.15) is 0 Å². The molecule has 1 unspecified atom stereocenters. The fourth-order valence-corrected chi connectivity index (χ4v) is 1.06. The van der Waals surface area contributed by atoms with Crippen LogP contribution in [0.2, 0.25) is 5.15 Å². The maximum atomic E-state index is 11.5. The first-order valence-corrected chi connectivity index (χ1v) is 5.34. The zero-order valence-electron chi connectivity index (χ0n) is 9.14. The molecule has 6 heteroatoms. The third-order valence-corrected chi connectivity index (χ3v) is 2.31. The molecule has 0 bridgehead atoms. The number of aliphatic hydroxyl groups is 1. The highest BCUT2D eigenvalue weighted by Gasteiger charge is 2.12. The van der Waals surface area contributed by atoms with E-state index in [0.29, 0.717) is 0 Å². The van der Waals surface area contributed by atoms with Crippen LogP contribution in [0.3, 0.4) is 0 Å². The number of carbonyl (C=O) groups is 1. The zero-order chi connectivity index (χ0) is 12.1. The first-order chi connectivity index (χ1) is 7.50. The summed E-state index contributed by atoms with van der Waals surface area (Å²) in [5.41, 5.74) is 0.181. The number of aliphatic hydroxyl groups excluding tert-OH is 1. The van der Waals surface area contributed by atoms with Crippen LogP contribution in [0.15, 0.2) is 12.1 Å². The van der Waals surface area contributed by atoms with Gasteiger partial charge >= 0.3 is 0 Å². The van der Waals surface area contributed by atoms with Crippen LogP contribution in [0.4, 0.5) is 0 Å². The van der Waals surface area contributed by atoms with Crippen molar-refractivity contribution in [1.82, 2.24) is 15.5 Å². The van der Waals surface area contributed by atoms with Crippen LogP contribution in [0, 0.1) is 5.92 Å². The van der Waals surface area contributed by atoms with Crippen LogP contribution in [0.25, 0.3) is 0 Å². The lowest BCUT2D eigenvalue weighted by atomic mass is 10.1. The van der Waals surface area contributed by atoms with Crippen molar-refractivity contribution in [2.75, 3.05) is 6.54 Å². The molecular formula is C10H14ClN3O2. The Morgan fingerprint density at radius 3 is 2.69 bits per heavy atom. The quantitative estimate of drug-likeness (QED) is 0.823. The number of rotatable bonds is 4. The monoisotopic (exact) mass is 243 g/mol. The number of aromatic nitrogens is 2. The van der Waals surface area contributed by atoms with E-state index in [-0.39, 0.29) is 29.2 Å². The molecule has 1 rings (SSSR count). The second-order valence-corrected chi connectivity index (χ2v) is 4.15. The summed E-state index contributed by atoms with van der Waals surface area (Å²) in [4.78, 5) is 11.5. The van der Waals surface area contributed by atoms with Crippen LogP contribution >= 0.6 is 11.6 Å². The van der Waals surface area contributed by atoms with Crippen LogP contribution in [0.5, 0.6) is 0 Å². The average molecular weight is 244 g/mol. The van der Waals surface area contributed by atoms with E-state index in [4.69, 9.17) is 11.6 Å². The second-order valence-electron chi connectivity index (χ2n) is 3.76. The van der Waals surface area contributed by atoms with Crippen molar-refractivity contribution in [3.8, 4) is 0 Å². The molecule has 0 saturated heterocycles. The second kappa shape index (κ2) is 5.77. The molecule has 0 aliphatic carbocycles. The van der Waals surface area contributed by atoms with E-state index in [0.717, 1.165) is 0 Å². The minimum absolute atomic E-state index is 0.0941. The summed E-state index contributed by atoms with van der Waals surface area (Å²) >= 11 is 5.54. The summed E-state index contributed by atoms with van der Waals surface area (Å²) in [6.07, 6.45) is -0.566. The molecule has 88 valence electrons. The van der Waals surface area contributed by atoms with Gasteiger partial charge in [0.05, 0.1) is 6.10 Å². The van der Waals surface area contributed by atoms with Gasteiger partial charge < -0.3 is 10.4 Å². The Kier molecular flexibility index (Phi) is 4.64. The molecule has 0 radical (unpaired) electrons. The van der Waals surface area contributed by atoms with Crippen molar-refractivity contribution in [3.05, 3.63) is 23.0 Å². The molecule has 5 nitrogen and oxygen atoms in total. The molecule has 2 N–H and O–H groups in total. The Morgan fingerprint density at radius 2 is 2.19 bits per heavy atom. The molecule has 0 fully saturated rings. The minimum atomic E-state index is -0.566. The summed E-state index contributed by atoms with van der Waals surface area (Å²) < 4.78 is 0. The van der Waals surface area contributed by atoms with E-state index in [9.17, 15) is 9.90 Å². The topological polar surface area (TPSA) is 75.1 Å². The standard InChI is InChI=1S/C10H14ClN3O2/c1-6(2)8(15)5-12-10(16)7-3-4-9(11)14-13-7/h3-4,6,8,15H,5H2,1-2H3,(H,12,16). The highest BCUT2D eigenvalue weighted by molar-refractivity contribution is 6.29. The Hall–Kier alpha value is -1.20. The fraction of sp³-hybridized carbons (Fsp3) is 0.500. The summed E-state index contributed by atoms with van der Waals surface area (Å²) in [7, 11) is 0. The van der Waals surface area contributed by atoms with Gasteiger partial charge in [0.15, 0.2) is 10.8 Å². The van der Waals surface area contributed by atoms with Gasteiger partial charge in [0, 0.05) is 6.54 Å². The smallest absolute Gasteiger partial charge is 0.271 e. The third-order valence-electron chi connectivity index (χ3n) is 2.11. The fourth-order valence-electron chi connectivity index (χ4n) is 0.961. The van der Waals surface area contributed by atoms with Crippen LogP contribution in [-0.4, -0.2) is 33.9 Å². The number of hydrogen-bond donors (Lipinski definition) is 2. The molecule has 1 aromatic rings. The van der Waals surface area contributed by atoms with Crippen LogP contribution in [-0.2, 0) is 0 Å². The highest BCUT2D eigenvalue weighted by Crippen LogP contribution is 2.03. The molecule has 0 aliphatic rings. The normalized spacial score (nSPS) is 12.6. The summed E-state index contributed by atoms with van der Waals surface area (Å²) in [6.45, 7) is 3.94. The number of amides is 1. The molecule has 1 amide bonds. The van der Waals surface area contributed by atoms with E-state index in [1.807, 2.05) is 13.8 Å². The van der Waals surface area contributed by atoms with Crippen molar-refractivity contribution in [1.29, 1.82) is 0 Å². The van der Waals surface area contributed by atoms with Crippen LogP contribution < -0.4 is 5.32 Å². The lowest BCUT2D eigenvalue weighted by Crippen LogP contribution is -2.35. The first kappa shape index (κ1) is 12.9. The number of nitrogens with zero attached hydrogens (tertiary/aromatic N) is 2. The van der Waals surface area contributed by atoms with Crippen molar-refractivity contribution in [2.24, 2.45) is 5.92 Å². The predicted molar refractivity (Wildman–Crippen MR) is 60.2 cm³/mol. The molecule has 1 heterocycles. The van der Waals surface area contributed by atoms with Crippen molar-refractivity contribution in [3.63, 3.8) is 0 Å². The first-order valence-electron chi connectivity index (χ1n) is 4.96. The molecule has 0 aromatic carbocycles. The predicted octanol–water partition coefficient (Wildman–Crippen LogP) is 0.877. The molecule has 16 heavy (non-hydrogen) atoms. The van der Waals surface area contributed by atoms with Gasteiger partial charge in [-0.05, 0) is 18.1 Å². The number of carbonyl (C=O) groups excluding carboxylic acids is 1. The lowest BCUT2D eigenvalue weighted by molar-refractivity contribution is 0.0866. The van der Waals surface area contributed by atoms with E-state index in [1.165, 1.54) is 12.1 Å². The van der Waals surface area contributed by atoms with Gasteiger partial charge in [-0.25, -0.2) is 0 Å². The van der Waals surface area contributed by atoms with Gasteiger partial charge in [-0.15, -0.1) is 10.2 Å². The Morgan fingerprint density at radius 1 is 1.50 bits per heavy atom. The average Bonchev–Trinajstić information content (AvgIpc) is 2.26. The molecule has 1 aromatic heterocycles. The van der Waals surface area contributed by atoms with Gasteiger partial charge in [0.25, 0.3) is 5.91 Å². The maximum Gasteiger partial charge on any atom is 0.271 e. The van der Waals surface area contributed by atoms with Gasteiger partial charge in [0.2, 0.25) is 0 Å². The third kappa shape index (κ3) is 3.75. The van der Waals surface area contributed by atoms with Crippen LogP contribution in [0.1, 0.15) is 24.3 Å². The Bertz CT molecular complexity index is 354. The lowest BCUT2D eigenvalue weighted by Gasteiger charge is -2.14. The van der Waals surface area contributed by atoms with E-state index < -0.39 is 6.10 Å². The van der Waals surface area contributed by atoms with Gasteiger partial charge in [-0.1, -0.05) is 25.4 Å². The van der Waals surface area contributed by atoms with E-state index in [2.05, 4.69) is 15.5 Å². The molecule has 1 atom stereocenters. The highest BCUT2D eigenvalue weighted by atomic mass is 35.5. The van der Waals surface area contributed by atoms with Crippen molar-refractivity contribution in [2.45, 2.75) is 20.0 Å². The minimum Gasteiger partial charge on any atom is -0.391 e. The molecule has 0 saturated carbocycles. The molecular weight excluding hydrogens is 230 g/mol. The van der Waals surface area contributed by atoms with Crippen molar-refractivity contribution >= 4 is 17.5 Å². The maximum absolute atomic E-state index is 11.5. The number of hydrogen-bond acceptors (Lipinski definition) is 4. The van der Waals surface area contributed by atoms with E-state index in [1.54, 1.807) is 0 Å².